The van der Waals surface area contributed by atoms with Gasteiger partial charge in [-0.1, -0.05) is 60.7 Å². The molecular formula is C19H19NO. The van der Waals surface area contributed by atoms with Crippen molar-refractivity contribution in [1.29, 1.82) is 0 Å². The molecule has 0 aliphatic heterocycles. The number of fused-ring (bicyclic) bond motifs is 1. The van der Waals surface area contributed by atoms with Gasteiger partial charge in [0.2, 0.25) is 0 Å². The molecule has 106 valence electrons. The highest BCUT2D eigenvalue weighted by Gasteiger charge is 2.09. The highest BCUT2D eigenvalue weighted by Crippen LogP contribution is 2.24. The number of rotatable bonds is 5. The molecule has 2 N–H and O–H groups in total. The molecule has 0 aromatic heterocycles. The normalized spacial score (nSPS) is 12.2. The smallest absolute Gasteiger partial charge is 0.119 e. The first-order valence-corrected chi connectivity index (χ1v) is 7.26. The maximum absolute atomic E-state index is 6.35. The molecule has 0 aliphatic rings. The third-order valence-electron chi connectivity index (χ3n) is 3.66. The molecular weight excluding hydrogens is 258 g/mol. The van der Waals surface area contributed by atoms with E-state index in [-0.39, 0.29) is 6.04 Å². The molecule has 2 nitrogen and oxygen atoms in total. The van der Waals surface area contributed by atoms with E-state index < -0.39 is 0 Å². The minimum atomic E-state index is -0.0141. The summed E-state index contributed by atoms with van der Waals surface area (Å²) in [6.07, 6.45) is 0.795. The predicted octanol–water partition coefficient (Wildman–Crippen LogP) is 4.31. The van der Waals surface area contributed by atoms with Gasteiger partial charge in [0.1, 0.15) is 5.75 Å². The Bertz CT molecular complexity index is 704. The second-order valence-corrected chi connectivity index (χ2v) is 5.13. The Hall–Kier alpha value is -2.32. The zero-order valence-corrected chi connectivity index (χ0v) is 11.9. The number of benzene rings is 3. The first-order chi connectivity index (χ1) is 10.3. The first-order valence-electron chi connectivity index (χ1n) is 7.26. The van der Waals surface area contributed by atoms with Gasteiger partial charge in [-0.15, -0.1) is 0 Å². The van der Waals surface area contributed by atoms with E-state index in [0.29, 0.717) is 6.61 Å². The minimum absolute atomic E-state index is 0.0141. The summed E-state index contributed by atoms with van der Waals surface area (Å²) in [5.41, 5.74) is 7.53. The first kappa shape index (κ1) is 13.7. The van der Waals surface area contributed by atoms with Gasteiger partial charge in [-0.3, -0.25) is 0 Å². The number of ether oxygens (including phenoxy) is 1. The average Bonchev–Trinajstić information content (AvgIpc) is 2.55. The standard InChI is InChI=1S/C19H19NO/c20-19(13-14-21-16-9-2-1-3-10-16)18-12-6-8-15-7-4-5-11-17(15)18/h1-12,19H,13-14,20H2. The molecule has 0 saturated carbocycles. The zero-order valence-electron chi connectivity index (χ0n) is 11.9. The number of hydrogen-bond donors (Lipinski definition) is 1. The summed E-state index contributed by atoms with van der Waals surface area (Å²) in [5, 5.41) is 2.46. The van der Waals surface area contributed by atoms with Gasteiger partial charge in [-0.2, -0.15) is 0 Å². The number of para-hydroxylation sites is 1. The van der Waals surface area contributed by atoms with Gasteiger partial charge in [0.25, 0.3) is 0 Å². The van der Waals surface area contributed by atoms with Crippen LogP contribution in [0.15, 0.2) is 72.8 Å². The van der Waals surface area contributed by atoms with Crippen molar-refractivity contribution >= 4 is 10.8 Å². The third kappa shape index (κ3) is 3.23. The molecule has 0 radical (unpaired) electrons. The predicted molar refractivity (Wildman–Crippen MR) is 87.4 cm³/mol. The van der Waals surface area contributed by atoms with Crippen molar-refractivity contribution < 1.29 is 4.74 Å². The van der Waals surface area contributed by atoms with Crippen LogP contribution >= 0.6 is 0 Å². The summed E-state index contributed by atoms with van der Waals surface area (Å²) < 4.78 is 5.73. The lowest BCUT2D eigenvalue weighted by Crippen LogP contribution is -2.14. The van der Waals surface area contributed by atoms with Crippen molar-refractivity contribution in [3.8, 4) is 5.75 Å². The maximum atomic E-state index is 6.35. The van der Waals surface area contributed by atoms with Crippen LogP contribution in [0.4, 0.5) is 0 Å². The lowest BCUT2D eigenvalue weighted by atomic mass is 9.98. The molecule has 0 spiro atoms. The van der Waals surface area contributed by atoms with Gasteiger partial charge in [0, 0.05) is 12.5 Å². The second kappa shape index (κ2) is 6.42. The van der Waals surface area contributed by atoms with E-state index in [1.807, 2.05) is 30.3 Å². The van der Waals surface area contributed by atoms with Gasteiger partial charge >= 0.3 is 0 Å². The summed E-state index contributed by atoms with van der Waals surface area (Å²) in [6.45, 7) is 0.619. The Morgan fingerprint density at radius 1 is 0.810 bits per heavy atom. The molecule has 1 unspecified atom stereocenters. The van der Waals surface area contributed by atoms with Crippen LogP contribution < -0.4 is 10.5 Å². The van der Waals surface area contributed by atoms with E-state index in [1.54, 1.807) is 0 Å². The third-order valence-corrected chi connectivity index (χ3v) is 3.66. The fraction of sp³-hybridized carbons (Fsp3) is 0.158. The molecule has 0 aliphatic carbocycles. The van der Waals surface area contributed by atoms with E-state index in [9.17, 15) is 0 Å². The quantitative estimate of drug-likeness (QED) is 0.754. The van der Waals surface area contributed by atoms with Gasteiger partial charge < -0.3 is 10.5 Å². The zero-order chi connectivity index (χ0) is 14.5. The monoisotopic (exact) mass is 277 g/mol. The van der Waals surface area contributed by atoms with E-state index in [4.69, 9.17) is 10.5 Å². The molecule has 0 fully saturated rings. The van der Waals surface area contributed by atoms with Crippen molar-refractivity contribution in [2.75, 3.05) is 6.61 Å². The fourth-order valence-corrected chi connectivity index (χ4v) is 2.55. The van der Waals surface area contributed by atoms with Crippen molar-refractivity contribution in [3.05, 3.63) is 78.4 Å². The molecule has 3 aromatic carbocycles. The molecule has 0 heterocycles. The molecule has 3 aromatic rings. The Labute approximate surface area is 125 Å². The van der Waals surface area contributed by atoms with Crippen LogP contribution in [0, 0.1) is 0 Å². The molecule has 21 heavy (non-hydrogen) atoms. The van der Waals surface area contributed by atoms with E-state index >= 15 is 0 Å². The van der Waals surface area contributed by atoms with Crippen molar-refractivity contribution in [2.24, 2.45) is 5.73 Å². The molecule has 0 saturated heterocycles. The van der Waals surface area contributed by atoms with Crippen LogP contribution in [0.5, 0.6) is 5.75 Å². The molecule has 0 amide bonds. The van der Waals surface area contributed by atoms with Gasteiger partial charge in [0.05, 0.1) is 6.61 Å². The molecule has 0 bridgehead atoms. The SMILES string of the molecule is NC(CCOc1ccccc1)c1cccc2ccccc12. The van der Waals surface area contributed by atoms with Crippen LogP contribution in [-0.2, 0) is 0 Å². The Balaban J connectivity index is 1.68. The topological polar surface area (TPSA) is 35.2 Å². The lowest BCUT2D eigenvalue weighted by Gasteiger charge is -2.15. The summed E-state index contributed by atoms with van der Waals surface area (Å²) in [4.78, 5) is 0. The lowest BCUT2D eigenvalue weighted by molar-refractivity contribution is 0.299. The molecule has 2 heteroatoms. The van der Waals surface area contributed by atoms with Gasteiger partial charge in [0.15, 0.2) is 0 Å². The number of nitrogens with two attached hydrogens (primary N) is 1. The highest BCUT2D eigenvalue weighted by molar-refractivity contribution is 5.86. The van der Waals surface area contributed by atoms with E-state index in [0.717, 1.165) is 12.2 Å². The van der Waals surface area contributed by atoms with E-state index in [1.165, 1.54) is 16.3 Å². The molecule has 3 rings (SSSR count). The Kier molecular flexibility index (Phi) is 4.17. The summed E-state index contributed by atoms with van der Waals surface area (Å²) >= 11 is 0. The van der Waals surface area contributed by atoms with Crippen molar-refractivity contribution in [2.45, 2.75) is 12.5 Å². The Morgan fingerprint density at radius 2 is 1.52 bits per heavy atom. The largest absolute Gasteiger partial charge is 0.494 e. The fourth-order valence-electron chi connectivity index (χ4n) is 2.55. The second-order valence-electron chi connectivity index (χ2n) is 5.13. The van der Waals surface area contributed by atoms with Crippen LogP contribution in [-0.4, -0.2) is 6.61 Å². The van der Waals surface area contributed by atoms with Crippen LogP contribution in [0.3, 0.4) is 0 Å². The maximum Gasteiger partial charge on any atom is 0.119 e. The van der Waals surface area contributed by atoms with Gasteiger partial charge in [-0.25, -0.2) is 0 Å². The van der Waals surface area contributed by atoms with Crippen LogP contribution in [0.1, 0.15) is 18.0 Å². The van der Waals surface area contributed by atoms with Gasteiger partial charge in [-0.05, 0) is 28.5 Å². The average molecular weight is 277 g/mol. The summed E-state index contributed by atoms with van der Waals surface area (Å²) in [5.74, 6) is 0.891. The summed E-state index contributed by atoms with van der Waals surface area (Å²) in [7, 11) is 0. The van der Waals surface area contributed by atoms with E-state index in [2.05, 4.69) is 42.5 Å². The van der Waals surface area contributed by atoms with Crippen molar-refractivity contribution in [3.63, 3.8) is 0 Å². The number of hydrogen-bond acceptors (Lipinski definition) is 2. The highest BCUT2D eigenvalue weighted by atomic mass is 16.5. The van der Waals surface area contributed by atoms with Crippen molar-refractivity contribution in [1.82, 2.24) is 0 Å². The minimum Gasteiger partial charge on any atom is -0.494 e. The van der Waals surface area contributed by atoms with Crippen LogP contribution in [0.25, 0.3) is 10.8 Å². The Morgan fingerprint density at radius 3 is 2.38 bits per heavy atom. The summed E-state index contributed by atoms with van der Waals surface area (Å²) in [6, 6.07) is 24.5. The molecule has 1 atom stereocenters. The van der Waals surface area contributed by atoms with Crippen LogP contribution in [0.2, 0.25) is 0 Å².